The molecule has 6 nitrogen and oxygen atoms in total. The number of ether oxygens (including phenoxy) is 1. The van der Waals surface area contributed by atoms with Crippen molar-refractivity contribution in [3.8, 4) is 16.9 Å². The van der Waals surface area contributed by atoms with E-state index in [1.807, 2.05) is 30.3 Å². The van der Waals surface area contributed by atoms with Crippen molar-refractivity contribution in [2.24, 2.45) is 5.18 Å². The Bertz CT molecular complexity index is 1330. The van der Waals surface area contributed by atoms with Gasteiger partial charge in [-0.2, -0.15) is 0 Å². The van der Waals surface area contributed by atoms with Crippen molar-refractivity contribution in [1.82, 2.24) is 10.3 Å². The molecular weight excluding hydrogens is 414 g/mol. The summed E-state index contributed by atoms with van der Waals surface area (Å²) in [5.41, 5.74) is 3.96. The maximum absolute atomic E-state index is 12.3. The second-order valence-electron chi connectivity index (χ2n) is 7.68. The van der Waals surface area contributed by atoms with Crippen molar-refractivity contribution in [2.45, 2.75) is 27.7 Å². The summed E-state index contributed by atoms with van der Waals surface area (Å²) in [5.74, 6) is 0.838. The molecule has 0 unspecified atom stereocenters. The van der Waals surface area contributed by atoms with Crippen LogP contribution in [-0.2, 0) is 0 Å². The number of amides is 1. The molecule has 168 valence electrons. The van der Waals surface area contributed by atoms with E-state index in [-0.39, 0.29) is 11.4 Å². The summed E-state index contributed by atoms with van der Waals surface area (Å²) in [6, 6.07) is 16.1. The third-order valence-electron chi connectivity index (χ3n) is 5.13. The van der Waals surface area contributed by atoms with E-state index in [9.17, 15) is 9.70 Å². The zero-order valence-electron chi connectivity index (χ0n) is 19.3. The summed E-state index contributed by atoms with van der Waals surface area (Å²) >= 11 is 0. The van der Waals surface area contributed by atoms with E-state index in [1.165, 1.54) is 5.56 Å². The van der Waals surface area contributed by atoms with Gasteiger partial charge < -0.3 is 10.1 Å². The largest absolute Gasteiger partial charge is 0.462 e. The molecule has 0 spiro atoms. The van der Waals surface area contributed by atoms with Gasteiger partial charge >= 0.3 is 0 Å². The lowest BCUT2D eigenvalue weighted by atomic mass is 10.0. The molecule has 6 heteroatoms. The monoisotopic (exact) mass is 441 g/mol. The fraction of sp³-hybridized carbons (Fsp3) is 0.185. The minimum absolute atomic E-state index is 0.0123. The molecule has 3 aromatic rings. The van der Waals surface area contributed by atoms with Crippen LogP contribution in [0.15, 0.2) is 65.5 Å². The second-order valence-corrected chi connectivity index (χ2v) is 7.68. The van der Waals surface area contributed by atoms with Crippen molar-refractivity contribution in [1.29, 1.82) is 0 Å². The predicted octanol–water partition coefficient (Wildman–Crippen LogP) is 4.69. The molecule has 0 saturated carbocycles. The zero-order valence-corrected chi connectivity index (χ0v) is 19.3. The standard InChI is InChI=1S/C27H27N3O3/c1-6-28-27(31)26-25(30-32)24(19(4)20(5)29-26)15-10-18(3)33-23-13-11-21(12-14-23)22-9-7-8-17(2)16-22/h7-16H,4,6H2,1-3,5H3,(H,28,31)/b18-10+,24-15+. The van der Waals surface area contributed by atoms with E-state index >= 15 is 0 Å². The Balaban J connectivity index is 1.90. The number of allylic oxidation sites excluding steroid dienone is 2. The molecule has 0 aliphatic heterocycles. The number of hydrogen-bond donors (Lipinski definition) is 1. The van der Waals surface area contributed by atoms with Crippen molar-refractivity contribution >= 4 is 24.2 Å². The first-order valence-electron chi connectivity index (χ1n) is 10.7. The molecular formula is C27H27N3O3. The highest BCUT2D eigenvalue weighted by atomic mass is 16.5. The third-order valence-corrected chi connectivity index (χ3v) is 5.13. The summed E-state index contributed by atoms with van der Waals surface area (Å²) in [4.78, 5) is 28.1. The number of benzene rings is 2. The first-order chi connectivity index (χ1) is 15.8. The fourth-order valence-electron chi connectivity index (χ4n) is 3.39. The second kappa shape index (κ2) is 10.5. The highest BCUT2D eigenvalue weighted by molar-refractivity contribution is 5.97. The van der Waals surface area contributed by atoms with Gasteiger partial charge in [-0.15, -0.1) is 4.91 Å². The lowest BCUT2D eigenvalue weighted by Gasteiger charge is -2.08. The average molecular weight is 442 g/mol. The van der Waals surface area contributed by atoms with Crippen molar-refractivity contribution in [2.75, 3.05) is 6.54 Å². The molecule has 1 N–H and O–H groups in total. The smallest absolute Gasteiger partial charge is 0.272 e. The zero-order chi connectivity index (χ0) is 24.0. The van der Waals surface area contributed by atoms with Crippen LogP contribution in [0.3, 0.4) is 0 Å². The molecule has 2 aromatic carbocycles. The van der Waals surface area contributed by atoms with Gasteiger partial charge in [0.05, 0.1) is 0 Å². The van der Waals surface area contributed by atoms with Crippen LogP contribution in [0.25, 0.3) is 23.8 Å². The summed E-state index contributed by atoms with van der Waals surface area (Å²) in [6.07, 6.45) is 3.39. The Hall–Kier alpha value is -4.06. The number of aryl methyl sites for hydroxylation is 2. The van der Waals surface area contributed by atoms with E-state index in [0.717, 1.165) is 11.1 Å². The molecule has 0 fully saturated rings. The number of carbonyl (C=O) groups is 1. The molecule has 1 amide bonds. The van der Waals surface area contributed by atoms with Gasteiger partial charge in [-0.1, -0.05) is 48.5 Å². The molecule has 0 aliphatic rings. The average Bonchev–Trinajstić information content (AvgIpc) is 2.80. The predicted molar refractivity (Wildman–Crippen MR) is 133 cm³/mol. The molecule has 1 aromatic heterocycles. The lowest BCUT2D eigenvalue weighted by molar-refractivity contribution is 0.0951. The fourth-order valence-corrected chi connectivity index (χ4v) is 3.39. The molecule has 3 rings (SSSR count). The van der Waals surface area contributed by atoms with E-state index < -0.39 is 5.91 Å². The van der Waals surface area contributed by atoms with Crippen LogP contribution in [0.2, 0.25) is 0 Å². The maximum atomic E-state index is 12.3. The Morgan fingerprint density at radius 2 is 1.88 bits per heavy atom. The van der Waals surface area contributed by atoms with Gasteiger partial charge in [-0.25, -0.2) is 4.98 Å². The van der Waals surface area contributed by atoms with Crippen LogP contribution in [0.5, 0.6) is 5.75 Å². The van der Waals surface area contributed by atoms with Gasteiger partial charge in [0.1, 0.15) is 17.2 Å². The number of pyridine rings is 1. The number of hydrogen-bond acceptors (Lipinski definition) is 5. The normalized spacial score (nSPS) is 11.9. The van der Waals surface area contributed by atoms with E-state index in [4.69, 9.17) is 4.74 Å². The van der Waals surface area contributed by atoms with E-state index in [2.05, 4.69) is 47.2 Å². The molecule has 0 aliphatic carbocycles. The van der Waals surface area contributed by atoms with Crippen molar-refractivity contribution in [3.63, 3.8) is 0 Å². The van der Waals surface area contributed by atoms with Gasteiger partial charge in [-0.05, 0) is 73.5 Å². The highest BCUT2D eigenvalue weighted by Gasteiger charge is 2.16. The quantitative estimate of drug-likeness (QED) is 0.426. The Morgan fingerprint density at radius 1 is 1.15 bits per heavy atom. The molecule has 0 saturated heterocycles. The van der Waals surface area contributed by atoms with Gasteiger partial charge in [0.2, 0.25) is 0 Å². The van der Waals surface area contributed by atoms with Crippen LogP contribution in [-0.4, -0.2) is 17.4 Å². The minimum Gasteiger partial charge on any atom is -0.462 e. The van der Waals surface area contributed by atoms with Crippen LogP contribution in [0.1, 0.15) is 35.6 Å². The SMILES string of the molecule is C=c1c(C)nc(C(=O)NCC)c(N=O)/c1=C/C=C(\C)Oc1ccc(-c2cccc(C)c2)cc1. The molecule has 0 radical (unpaired) electrons. The Kier molecular flexibility index (Phi) is 7.51. The number of nitrogens with zero attached hydrogens (tertiary/aromatic N) is 2. The van der Waals surface area contributed by atoms with E-state index in [1.54, 1.807) is 32.9 Å². The number of nitroso groups, excluding NO2 is 1. The van der Waals surface area contributed by atoms with Gasteiger partial charge in [0.25, 0.3) is 5.91 Å². The highest BCUT2D eigenvalue weighted by Crippen LogP contribution is 2.24. The minimum atomic E-state index is -0.449. The van der Waals surface area contributed by atoms with Gasteiger partial charge in [-0.3, -0.25) is 4.79 Å². The molecule has 33 heavy (non-hydrogen) atoms. The summed E-state index contributed by atoms with van der Waals surface area (Å²) in [7, 11) is 0. The van der Waals surface area contributed by atoms with Crippen LogP contribution >= 0.6 is 0 Å². The topological polar surface area (TPSA) is 80.7 Å². The van der Waals surface area contributed by atoms with Gasteiger partial charge in [0, 0.05) is 17.5 Å². The summed E-state index contributed by atoms with van der Waals surface area (Å²) in [6.45, 7) is 11.8. The van der Waals surface area contributed by atoms with Crippen LogP contribution in [0, 0.1) is 18.8 Å². The molecule has 0 atom stereocenters. The number of nitrogens with one attached hydrogen (secondary N) is 1. The van der Waals surface area contributed by atoms with Crippen LogP contribution in [0.4, 0.5) is 5.69 Å². The van der Waals surface area contributed by atoms with Crippen molar-refractivity contribution in [3.05, 3.63) is 92.7 Å². The summed E-state index contributed by atoms with van der Waals surface area (Å²) in [5, 5.41) is 6.69. The first kappa shape index (κ1) is 23.6. The number of carbonyl (C=O) groups excluding carboxylic acids is 1. The van der Waals surface area contributed by atoms with Crippen LogP contribution < -0.4 is 20.5 Å². The first-order valence-corrected chi connectivity index (χ1v) is 10.7. The number of rotatable bonds is 7. The Morgan fingerprint density at radius 3 is 2.52 bits per heavy atom. The maximum Gasteiger partial charge on any atom is 0.272 e. The lowest BCUT2D eigenvalue weighted by Crippen LogP contribution is -2.33. The van der Waals surface area contributed by atoms with Crippen molar-refractivity contribution < 1.29 is 9.53 Å². The summed E-state index contributed by atoms with van der Waals surface area (Å²) < 4.78 is 5.92. The molecule has 1 heterocycles. The number of aromatic nitrogens is 1. The molecule has 0 bridgehead atoms. The van der Waals surface area contributed by atoms with E-state index in [0.29, 0.717) is 34.2 Å². The Labute approximate surface area is 193 Å². The third kappa shape index (κ3) is 5.60. The van der Waals surface area contributed by atoms with Gasteiger partial charge in [0.15, 0.2) is 5.69 Å².